The van der Waals surface area contributed by atoms with Crippen LogP contribution in [0.1, 0.15) is 29.9 Å². The highest BCUT2D eigenvalue weighted by Crippen LogP contribution is 2.49. The zero-order valence-electron chi connectivity index (χ0n) is 14.1. The highest BCUT2D eigenvalue weighted by Gasteiger charge is 2.53. The fourth-order valence-corrected chi connectivity index (χ4v) is 3.64. The minimum atomic E-state index is -0.243. The first-order valence-corrected chi connectivity index (χ1v) is 8.67. The number of aromatic nitrogens is 1. The van der Waals surface area contributed by atoms with E-state index in [1.807, 2.05) is 36.1 Å². The van der Waals surface area contributed by atoms with Crippen molar-refractivity contribution >= 4 is 5.91 Å². The molecule has 1 saturated heterocycles. The van der Waals surface area contributed by atoms with Crippen molar-refractivity contribution in [2.75, 3.05) is 26.2 Å². The van der Waals surface area contributed by atoms with E-state index < -0.39 is 0 Å². The van der Waals surface area contributed by atoms with Crippen molar-refractivity contribution in [1.29, 1.82) is 0 Å². The van der Waals surface area contributed by atoms with Gasteiger partial charge in [-0.2, -0.15) is 0 Å². The van der Waals surface area contributed by atoms with Crippen LogP contribution in [-0.4, -0.2) is 47.0 Å². The number of hydrogen-bond acceptors (Lipinski definition) is 4. The zero-order valence-corrected chi connectivity index (χ0v) is 14.1. The van der Waals surface area contributed by atoms with Gasteiger partial charge in [0.05, 0.1) is 11.1 Å². The largest absolute Gasteiger partial charge is 0.361 e. The normalized spacial score (nSPS) is 20.1. The number of carbonyl (C=O) groups excluding carboxylic acids is 1. The SMILES string of the molecule is Cc1cc(CN2CCN(C(=O)C3(c4ccccc4)CC3)CC2)no1. The Bertz CT molecular complexity index is 713. The lowest BCUT2D eigenvalue weighted by molar-refractivity contribution is -0.135. The Labute approximate surface area is 142 Å². The van der Waals surface area contributed by atoms with Crippen LogP contribution >= 0.6 is 0 Å². The van der Waals surface area contributed by atoms with Crippen LogP contribution in [0, 0.1) is 6.92 Å². The minimum Gasteiger partial charge on any atom is -0.361 e. The molecule has 24 heavy (non-hydrogen) atoms. The van der Waals surface area contributed by atoms with Gasteiger partial charge in [-0.25, -0.2) is 0 Å². The van der Waals surface area contributed by atoms with Gasteiger partial charge in [-0.1, -0.05) is 35.5 Å². The number of rotatable bonds is 4. The van der Waals surface area contributed by atoms with Crippen LogP contribution in [0.15, 0.2) is 40.9 Å². The van der Waals surface area contributed by atoms with Gasteiger partial charge in [0.2, 0.25) is 5.91 Å². The summed E-state index contributed by atoms with van der Waals surface area (Å²) in [4.78, 5) is 17.4. The van der Waals surface area contributed by atoms with Gasteiger partial charge < -0.3 is 9.42 Å². The molecule has 5 heteroatoms. The van der Waals surface area contributed by atoms with Gasteiger partial charge in [-0.15, -0.1) is 0 Å². The van der Waals surface area contributed by atoms with E-state index in [4.69, 9.17) is 4.52 Å². The average molecular weight is 325 g/mol. The molecule has 2 aromatic rings. The molecule has 0 N–H and O–H groups in total. The first-order chi connectivity index (χ1) is 11.7. The monoisotopic (exact) mass is 325 g/mol. The third-order valence-electron chi connectivity index (χ3n) is 5.21. The summed E-state index contributed by atoms with van der Waals surface area (Å²) in [5, 5.41) is 4.06. The van der Waals surface area contributed by atoms with E-state index in [0.29, 0.717) is 5.91 Å². The van der Waals surface area contributed by atoms with Crippen molar-refractivity contribution in [1.82, 2.24) is 15.0 Å². The Morgan fingerprint density at radius 3 is 2.46 bits per heavy atom. The van der Waals surface area contributed by atoms with Gasteiger partial charge in [-0.3, -0.25) is 9.69 Å². The lowest BCUT2D eigenvalue weighted by Gasteiger charge is -2.36. The first-order valence-electron chi connectivity index (χ1n) is 8.67. The molecule has 4 rings (SSSR count). The summed E-state index contributed by atoms with van der Waals surface area (Å²) in [6.07, 6.45) is 1.96. The van der Waals surface area contributed by atoms with E-state index in [9.17, 15) is 4.79 Å². The third kappa shape index (κ3) is 2.84. The number of piperazine rings is 1. The highest BCUT2D eigenvalue weighted by atomic mass is 16.5. The first kappa shape index (κ1) is 15.4. The summed E-state index contributed by atoms with van der Waals surface area (Å²) in [7, 11) is 0. The van der Waals surface area contributed by atoms with E-state index in [1.165, 1.54) is 5.56 Å². The molecule has 5 nitrogen and oxygen atoms in total. The van der Waals surface area contributed by atoms with Crippen LogP contribution in [0.2, 0.25) is 0 Å². The Hall–Kier alpha value is -2.14. The second-order valence-corrected chi connectivity index (χ2v) is 6.95. The quantitative estimate of drug-likeness (QED) is 0.866. The maximum Gasteiger partial charge on any atom is 0.233 e. The van der Waals surface area contributed by atoms with Gasteiger partial charge >= 0.3 is 0 Å². The number of nitrogens with zero attached hydrogens (tertiary/aromatic N) is 3. The average Bonchev–Trinajstić information content (AvgIpc) is 3.33. The van der Waals surface area contributed by atoms with E-state index in [1.54, 1.807) is 0 Å². The molecule has 1 aromatic heterocycles. The molecule has 126 valence electrons. The number of hydrogen-bond donors (Lipinski definition) is 0. The molecule has 2 fully saturated rings. The number of aryl methyl sites for hydroxylation is 1. The second kappa shape index (κ2) is 6.06. The fourth-order valence-electron chi connectivity index (χ4n) is 3.64. The molecule has 2 heterocycles. The third-order valence-corrected chi connectivity index (χ3v) is 5.21. The molecule has 0 bridgehead atoms. The van der Waals surface area contributed by atoms with Crippen molar-refractivity contribution < 1.29 is 9.32 Å². The summed E-state index contributed by atoms with van der Waals surface area (Å²) >= 11 is 0. The second-order valence-electron chi connectivity index (χ2n) is 6.95. The van der Waals surface area contributed by atoms with Crippen molar-refractivity contribution in [2.45, 2.75) is 31.7 Å². The van der Waals surface area contributed by atoms with Crippen LogP contribution in [-0.2, 0) is 16.8 Å². The maximum atomic E-state index is 13.0. The van der Waals surface area contributed by atoms with Gasteiger partial charge in [0.1, 0.15) is 5.76 Å². The predicted molar refractivity (Wildman–Crippen MR) is 90.5 cm³/mol. The van der Waals surface area contributed by atoms with Crippen LogP contribution < -0.4 is 0 Å². The van der Waals surface area contributed by atoms with Crippen LogP contribution in [0.4, 0.5) is 0 Å². The van der Waals surface area contributed by atoms with E-state index >= 15 is 0 Å². The van der Waals surface area contributed by atoms with Gasteiger partial charge in [0.15, 0.2) is 0 Å². The van der Waals surface area contributed by atoms with Crippen LogP contribution in [0.3, 0.4) is 0 Å². The van der Waals surface area contributed by atoms with Crippen LogP contribution in [0.5, 0.6) is 0 Å². The fraction of sp³-hybridized carbons (Fsp3) is 0.474. The van der Waals surface area contributed by atoms with Crippen molar-refractivity contribution in [3.8, 4) is 0 Å². The molecule has 2 aliphatic rings. The molecular formula is C19H23N3O2. The standard InChI is InChI=1S/C19H23N3O2/c1-15-13-17(20-24-15)14-21-9-11-22(12-10-21)18(23)19(7-8-19)16-5-3-2-4-6-16/h2-6,13H,7-12,14H2,1H3. The molecule has 0 spiro atoms. The molecular weight excluding hydrogens is 302 g/mol. The number of benzene rings is 1. The van der Waals surface area contributed by atoms with Gasteiger partial charge in [0, 0.05) is 38.8 Å². The van der Waals surface area contributed by atoms with E-state index in [0.717, 1.165) is 57.0 Å². The summed E-state index contributed by atoms with van der Waals surface area (Å²) in [6.45, 7) is 6.08. The summed E-state index contributed by atoms with van der Waals surface area (Å²) < 4.78 is 5.13. The Morgan fingerprint density at radius 2 is 1.88 bits per heavy atom. The minimum absolute atomic E-state index is 0.243. The van der Waals surface area contributed by atoms with Gasteiger partial charge in [-0.05, 0) is 25.3 Å². The molecule has 1 aliphatic carbocycles. The smallest absolute Gasteiger partial charge is 0.233 e. The van der Waals surface area contributed by atoms with Crippen molar-refractivity contribution in [2.24, 2.45) is 0 Å². The van der Waals surface area contributed by atoms with Crippen LogP contribution in [0.25, 0.3) is 0 Å². The molecule has 1 aromatic carbocycles. The van der Waals surface area contributed by atoms with E-state index in [2.05, 4.69) is 22.2 Å². The Kier molecular flexibility index (Phi) is 3.88. The Morgan fingerprint density at radius 1 is 1.17 bits per heavy atom. The predicted octanol–water partition coefficient (Wildman–Crippen LogP) is 2.36. The zero-order chi connectivity index (χ0) is 16.6. The van der Waals surface area contributed by atoms with Crippen molar-refractivity contribution in [3.63, 3.8) is 0 Å². The molecule has 0 radical (unpaired) electrons. The number of carbonyl (C=O) groups is 1. The maximum absolute atomic E-state index is 13.0. The molecule has 1 saturated carbocycles. The lowest BCUT2D eigenvalue weighted by Crippen LogP contribution is -2.51. The summed E-state index contributed by atoms with van der Waals surface area (Å²) in [5.74, 6) is 1.16. The number of amides is 1. The molecule has 0 unspecified atom stereocenters. The topological polar surface area (TPSA) is 49.6 Å². The van der Waals surface area contributed by atoms with Gasteiger partial charge in [0.25, 0.3) is 0 Å². The summed E-state index contributed by atoms with van der Waals surface area (Å²) in [6, 6.07) is 12.2. The Balaban J connectivity index is 1.37. The molecule has 1 aliphatic heterocycles. The lowest BCUT2D eigenvalue weighted by atomic mass is 9.94. The molecule has 1 amide bonds. The highest BCUT2D eigenvalue weighted by molar-refractivity contribution is 5.91. The van der Waals surface area contributed by atoms with Crippen molar-refractivity contribution in [3.05, 3.63) is 53.4 Å². The van der Waals surface area contributed by atoms with E-state index in [-0.39, 0.29) is 5.41 Å². The summed E-state index contributed by atoms with van der Waals surface area (Å²) in [5.41, 5.74) is 1.90. The molecule has 0 atom stereocenters.